The van der Waals surface area contributed by atoms with Crippen LogP contribution in [0.4, 0.5) is 10.1 Å². The summed E-state index contributed by atoms with van der Waals surface area (Å²) >= 11 is 3.42. The second-order valence-electron chi connectivity index (χ2n) is 4.87. The van der Waals surface area contributed by atoms with Crippen molar-refractivity contribution in [3.05, 3.63) is 56.3 Å². The van der Waals surface area contributed by atoms with Gasteiger partial charge in [0.15, 0.2) is 0 Å². The van der Waals surface area contributed by atoms with Crippen molar-refractivity contribution in [1.82, 2.24) is 9.55 Å². The summed E-state index contributed by atoms with van der Waals surface area (Å²) in [4.78, 5) is 14.1. The standard InChI is InChI=1S/C13H11BrFN3O2/c14-13-12(9-2-3-9)17(7-16-13)6-8-1-4-11(18(19)20)10(15)5-8/h1,4-5,7,9H,2-3,6H2. The van der Waals surface area contributed by atoms with Gasteiger partial charge in [-0.25, -0.2) is 4.98 Å². The molecule has 0 spiro atoms. The van der Waals surface area contributed by atoms with Crippen LogP contribution in [0.2, 0.25) is 0 Å². The molecule has 0 N–H and O–H groups in total. The second kappa shape index (κ2) is 4.97. The molecular formula is C13H11BrFN3O2. The second-order valence-corrected chi connectivity index (χ2v) is 5.62. The molecule has 1 heterocycles. The number of hydrogen-bond acceptors (Lipinski definition) is 3. The van der Waals surface area contributed by atoms with Gasteiger partial charge in [0.1, 0.15) is 4.60 Å². The maximum absolute atomic E-state index is 13.6. The zero-order chi connectivity index (χ0) is 14.3. The lowest BCUT2D eigenvalue weighted by Gasteiger charge is -2.08. The fourth-order valence-corrected chi connectivity index (χ4v) is 2.89. The molecule has 0 radical (unpaired) electrons. The third kappa shape index (κ3) is 2.45. The molecule has 0 amide bonds. The van der Waals surface area contributed by atoms with Gasteiger partial charge in [-0.2, -0.15) is 4.39 Å². The number of halogens is 2. The minimum atomic E-state index is -0.806. The molecule has 1 fully saturated rings. The van der Waals surface area contributed by atoms with Crippen LogP contribution in [0, 0.1) is 15.9 Å². The highest BCUT2D eigenvalue weighted by Gasteiger charge is 2.29. The van der Waals surface area contributed by atoms with Crippen molar-refractivity contribution in [3.8, 4) is 0 Å². The van der Waals surface area contributed by atoms with Crippen LogP contribution in [0.25, 0.3) is 0 Å². The maximum Gasteiger partial charge on any atom is 0.304 e. The molecule has 3 rings (SSSR count). The minimum absolute atomic E-state index is 0.458. The molecule has 5 nitrogen and oxygen atoms in total. The van der Waals surface area contributed by atoms with E-state index in [9.17, 15) is 14.5 Å². The average Bonchev–Trinajstić information content (AvgIpc) is 3.15. The highest BCUT2D eigenvalue weighted by Crippen LogP contribution is 2.43. The van der Waals surface area contributed by atoms with E-state index in [2.05, 4.69) is 20.9 Å². The Balaban J connectivity index is 1.88. The lowest BCUT2D eigenvalue weighted by Crippen LogP contribution is -2.03. The minimum Gasteiger partial charge on any atom is -0.329 e. The third-order valence-corrected chi connectivity index (χ3v) is 3.97. The van der Waals surface area contributed by atoms with Crippen molar-refractivity contribution in [2.45, 2.75) is 25.3 Å². The molecule has 1 saturated carbocycles. The van der Waals surface area contributed by atoms with Crippen molar-refractivity contribution in [2.24, 2.45) is 0 Å². The number of hydrogen-bond donors (Lipinski definition) is 0. The van der Waals surface area contributed by atoms with Crippen LogP contribution in [-0.4, -0.2) is 14.5 Å². The van der Waals surface area contributed by atoms with Crippen LogP contribution in [0.3, 0.4) is 0 Å². The SMILES string of the molecule is O=[N+]([O-])c1ccc(Cn2cnc(Br)c2C2CC2)cc1F. The average molecular weight is 340 g/mol. The first-order valence-corrected chi connectivity index (χ1v) is 6.99. The molecule has 0 bridgehead atoms. The largest absolute Gasteiger partial charge is 0.329 e. The Labute approximate surface area is 122 Å². The van der Waals surface area contributed by atoms with Gasteiger partial charge < -0.3 is 4.57 Å². The van der Waals surface area contributed by atoms with Crippen LogP contribution >= 0.6 is 15.9 Å². The van der Waals surface area contributed by atoms with E-state index in [0.717, 1.165) is 23.1 Å². The van der Waals surface area contributed by atoms with Gasteiger partial charge in [0.05, 0.1) is 16.9 Å². The first kappa shape index (κ1) is 13.2. The lowest BCUT2D eigenvalue weighted by atomic mass is 10.2. The molecule has 104 valence electrons. The summed E-state index contributed by atoms with van der Waals surface area (Å²) in [5, 5.41) is 10.6. The van der Waals surface area contributed by atoms with Crippen LogP contribution in [-0.2, 0) is 6.54 Å². The van der Waals surface area contributed by atoms with E-state index in [-0.39, 0.29) is 0 Å². The maximum atomic E-state index is 13.6. The summed E-state index contributed by atoms with van der Waals surface area (Å²) in [7, 11) is 0. The molecule has 1 aromatic carbocycles. The Bertz CT molecular complexity index is 682. The number of rotatable bonds is 4. The van der Waals surface area contributed by atoms with E-state index in [1.807, 2.05) is 4.57 Å². The number of imidazole rings is 1. The molecule has 7 heteroatoms. The van der Waals surface area contributed by atoms with E-state index in [4.69, 9.17) is 0 Å². The van der Waals surface area contributed by atoms with Crippen LogP contribution < -0.4 is 0 Å². The monoisotopic (exact) mass is 339 g/mol. The lowest BCUT2D eigenvalue weighted by molar-refractivity contribution is -0.387. The summed E-state index contributed by atoms with van der Waals surface area (Å²) in [5.41, 5.74) is 1.30. The first-order valence-electron chi connectivity index (χ1n) is 6.19. The molecular weight excluding hydrogens is 329 g/mol. The molecule has 1 aliphatic carbocycles. The van der Waals surface area contributed by atoms with Gasteiger partial charge in [-0.1, -0.05) is 6.07 Å². The number of nitro groups is 1. The summed E-state index contributed by atoms with van der Waals surface area (Å²) in [6, 6.07) is 3.99. The molecule has 0 aliphatic heterocycles. The summed E-state index contributed by atoms with van der Waals surface area (Å²) in [5.74, 6) is -0.297. The van der Waals surface area contributed by atoms with E-state index in [1.54, 1.807) is 12.4 Å². The highest BCUT2D eigenvalue weighted by atomic mass is 79.9. The van der Waals surface area contributed by atoms with Crippen molar-refractivity contribution in [1.29, 1.82) is 0 Å². The molecule has 20 heavy (non-hydrogen) atoms. The van der Waals surface area contributed by atoms with Gasteiger partial charge >= 0.3 is 5.69 Å². The number of nitro benzene ring substituents is 1. The van der Waals surface area contributed by atoms with Gasteiger partial charge in [0, 0.05) is 18.5 Å². The van der Waals surface area contributed by atoms with Crippen LogP contribution in [0.1, 0.15) is 30.0 Å². The molecule has 2 aromatic rings. The van der Waals surface area contributed by atoms with Gasteiger partial charge in [0.2, 0.25) is 5.82 Å². The summed E-state index contributed by atoms with van der Waals surface area (Å²) in [6.07, 6.45) is 3.98. The Morgan fingerprint density at radius 2 is 2.25 bits per heavy atom. The first-order chi connectivity index (χ1) is 9.56. The summed E-state index contributed by atoms with van der Waals surface area (Å²) in [6.45, 7) is 0.458. The molecule has 0 unspecified atom stereocenters. The zero-order valence-electron chi connectivity index (χ0n) is 10.4. The topological polar surface area (TPSA) is 61.0 Å². The van der Waals surface area contributed by atoms with Gasteiger partial charge in [-0.3, -0.25) is 10.1 Å². The smallest absolute Gasteiger partial charge is 0.304 e. The van der Waals surface area contributed by atoms with Crippen LogP contribution in [0.5, 0.6) is 0 Å². The quantitative estimate of drug-likeness (QED) is 0.631. The van der Waals surface area contributed by atoms with Crippen molar-refractivity contribution >= 4 is 21.6 Å². The zero-order valence-corrected chi connectivity index (χ0v) is 12.0. The number of nitrogens with zero attached hydrogens (tertiary/aromatic N) is 3. The van der Waals surface area contributed by atoms with Gasteiger partial charge in [-0.05, 0) is 40.4 Å². The fraction of sp³-hybridized carbons (Fsp3) is 0.308. The fourth-order valence-electron chi connectivity index (χ4n) is 2.25. The predicted octanol–water partition coefficient (Wildman–Crippen LogP) is 3.62. The molecule has 0 saturated heterocycles. The Morgan fingerprint density at radius 1 is 1.50 bits per heavy atom. The van der Waals surface area contributed by atoms with Crippen LogP contribution in [0.15, 0.2) is 29.1 Å². The number of benzene rings is 1. The van der Waals surface area contributed by atoms with Crippen molar-refractivity contribution < 1.29 is 9.31 Å². The van der Waals surface area contributed by atoms with E-state index in [1.165, 1.54) is 12.1 Å². The normalized spacial score (nSPS) is 14.5. The van der Waals surface area contributed by atoms with Gasteiger partial charge in [0.25, 0.3) is 0 Å². The van der Waals surface area contributed by atoms with Gasteiger partial charge in [-0.15, -0.1) is 0 Å². The number of aromatic nitrogens is 2. The predicted molar refractivity (Wildman–Crippen MR) is 74.1 cm³/mol. The Kier molecular flexibility index (Phi) is 3.29. The molecule has 1 aliphatic rings. The van der Waals surface area contributed by atoms with Crippen molar-refractivity contribution in [3.63, 3.8) is 0 Å². The van der Waals surface area contributed by atoms with E-state index >= 15 is 0 Å². The Morgan fingerprint density at radius 3 is 2.85 bits per heavy atom. The molecule has 1 aromatic heterocycles. The van der Waals surface area contributed by atoms with E-state index < -0.39 is 16.4 Å². The third-order valence-electron chi connectivity index (χ3n) is 3.36. The van der Waals surface area contributed by atoms with E-state index in [0.29, 0.717) is 18.0 Å². The van der Waals surface area contributed by atoms with Crippen molar-refractivity contribution in [2.75, 3.05) is 0 Å². The molecule has 0 atom stereocenters. The summed E-state index contributed by atoms with van der Waals surface area (Å²) < 4.78 is 16.4. The Hall–Kier alpha value is -1.76. The highest BCUT2D eigenvalue weighted by molar-refractivity contribution is 9.10.